The maximum Gasteiger partial charge on any atom is 0.161 e. The third kappa shape index (κ3) is 3.02. The van der Waals surface area contributed by atoms with E-state index in [-0.39, 0.29) is 5.92 Å². The normalized spacial score (nSPS) is 14.5. The Hall–Kier alpha value is -2.20. The minimum Gasteiger partial charge on any atom is -0.496 e. The van der Waals surface area contributed by atoms with Crippen molar-refractivity contribution in [3.05, 3.63) is 53.6 Å². The molecule has 4 nitrogen and oxygen atoms in total. The second-order valence-electron chi connectivity index (χ2n) is 5.35. The SMILES string of the molecule is COc1ccccc1CC(CN)c1ccc2c(c1)OCCO2. The van der Waals surface area contributed by atoms with Gasteiger partial charge < -0.3 is 19.9 Å². The molecule has 0 saturated heterocycles. The van der Waals surface area contributed by atoms with E-state index in [2.05, 4.69) is 12.1 Å². The lowest BCUT2D eigenvalue weighted by atomic mass is 9.91. The van der Waals surface area contributed by atoms with Gasteiger partial charge in [0.2, 0.25) is 0 Å². The van der Waals surface area contributed by atoms with Crippen molar-refractivity contribution in [1.29, 1.82) is 0 Å². The average Bonchev–Trinajstić information content (AvgIpc) is 2.59. The van der Waals surface area contributed by atoms with Crippen molar-refractivity contribution in [1.82, 2.24) is 0 Å². The lowest BCUT2D eigenvalue weighted by molar-refractivity contribution is 0.171. The van der Waals surface area contributed by atoms with Gasteiger partial charge in [0, 0.05) is 5.92 Å². The first-order valence-corrected chi connectivity index (χ1v) is 7.53. The summed E-state index contributed by atoms with van der Waals surface area (Å²) in [5.74, 6) is 2.73. The van der Waals surface area contributed by atoms with Gasteiger partial charge >= 0.3 is 0 Å². The summed E-state index contributed by atoms with van der Waals surface area (Å²) < 4.78 is 16.7. The first-order valence-electron chi connectivity index (χ1n) is 7.53. The van der Waals surface area contributed by atoms with Gasteiger partial charge in [-0.25, -0.2) is 0 Å². The molecule has 1 aliphatic rings. The topological polar surface area (TPSA) is 53.7 Å². The highest BCUT2D eigenvalue weighted by Gasteiger charge is 2.17. The van der Waals surface area contributed by atoms with Crippen LogP contribution in [0.5, 0.6) is 17.2 Å². The van der Waals surface area contributed by atoms with Gasteiger partial charge in [-0.1, -0.05) is 24.3 Å². The molecular formula is C18H21NO3. The van der Waals surface area contributed by atoms with E-state index >= 15 is 0 Å². The number of benzene rings is 2. The second-order valence-corrected chi connectivity index (χ2v) is 5.35. The third-order valence-electron chi connectivity index (χ3n) is 3.98. The number of hydrogen-bond donors (Lipinski definition) is 1. The molecular weight excluding hydrogens is 278 g/mol. The first-order chi connectivity index (χ1) is 10.8. The molecule has 1 atom stereocenters. The lowest BCUT2D eigenvalue weighted by Crippen LogP contribution is -2.18. The van der Waals surface area contributed by atoms with Crippen molar-refractivity contribution < 1.29 is 14.2 Å². The number of ether oxygens (including phenoxy) is 3. The van der Waals surface area contributed by atoms with Crippen LogP contribution in [0.3, 0.4) is 0 Å². The molecule has 0 bridgehead atoms. The highest BCUT2D eigenvalue weighted by molar-refractivity contribution is 5.45. The molecule has 116 valence electrons. The predicted molar refractivity (Wildman–Crippen MR) is 85.9 cm³/mol. The lowest BCUT2D eigenvalue weighted by Gasteiger charge is -2.22. The number of methoxy groups -OCH3 is 1. The molecule has 0 radical (unpaired) electrons. The molecule has 4 heteroatoms. The molecule has 2 N–H and O–H groups in total. The van der Waals surface area contributed by atoms with Gasteiger partial charge in [-0.2, -0.15) is 0 Å². The average molecular weight is 299 g/mol. The highest BCUT2D eigenvalue weighted by Crippen LogP contribution is 2.34. The Balaban J connectivity index is 1.85. The van der Waals surface area contributed by atoms with Crippen molar-refractivity contribution >= 4 is 0 Å². The summed E-state index contributed by atoms with van der Waals surface area (Å²) in [6, 6.07) is 14.1. The molecule has 22 heavy (non-hydrogen) atoms. The Morgan fingerprint density at radius 3 is 2.64 bits per heavy atom. The molecule has 0 saturated carbocycles. The summed E-state index contributed by atoms with van der Waals surface area (Å²) >= 11 is 0. The van der Waals surface area contributed by atoms with Crippen molar-refractivity contribution in [2.45, 2.75) is 12.3 Å². The molecule has 0 amide bonds. The summed E-state index contributed by atoms with van der Waals surface area (Å²) in [5.41, 5.74) is 8.33. The molecule has 1 heterocycles. The summed E-state index contributed by atoms with van der Waals surface area (Å²) in [6.07, 6.45) is 0.833. The summed E-state index contributed by atoms with van der Waals surface area (Å²) in [4.78, 5) is 0. The molecule has 2 aromatic carbocycles. The van der Waals surface area contributed by atoms with Crippen molar-refractivity contribution in [2.24, 2.45) is 5.73 Å². The number of nitrogens with two attached hydrogens (primary N) is 1. The Kier molecular flexibility index (Phi) is 4.49. The van der Waals surface area contributed by atoms with E-state index in [9.17, 15) is 0 Å². The number of rotatable bonds is 5. The molecule has 3 rings (SSSR count). The fourth-order valence-corrected chi connectivity index (χ4v) is 2.79. The van der Waals surface area contributed by atoms with Crippen LogP contribution in [0.2, 0.25) is 0 Å². The zero-order valence-corrected chi connectivity index (χ0v) is 12.7. The minimum atomic E-state index is 0.215. The second kappa shape index (κ2) is 6.71. The van der Waals surface area contributed by atoms with Gasteiger partial charge in [-0.3, -0.25) is 0 Å². The number of hydrogen-bond acceptors (Lipinski definition) is 4. The maximum atomic E-state index is 6.01. The van der Waals surface area contributed by atoms with Crippen molar-refractivity contribution in [3.63, 3.8) is 0 Å². The largest absolute Gasteiger partial charge is 0.496 e. The van der Waals surface area contributed by atoms with Gasteiger partial charge in [-0.05, 0) is 42.3 Å². The van der Waals surface area contributed by atoms with Crippen LogP contribution < -0.4 is 19.9 Å². The van der Waals surface area contributed by atoms with E-state index < -0.39 is 0 Å². The minimum absolute atomic E-state index is 0.215. The van der Waals surface area contributed by atoms with E-state index in [0.717, 1.165) is 34.8 Å². The Morgan fingerprint density at radius 1 is 1.09 bits per heavy atom. The predicted octanol–water partition coefficient (Wildman–Crippen LogP) is 2.75. The summed E-state index contributed by atoms with van der Waals surface area (Å²) in [5, 5.41) is 0. The van der Waals surface area contributed by atoms with E-state index in [1.165, 1.54) is 0 Å². The van der Waals surface area contributed by atoms with Gasteiger partial charge in [0.1, 0.15) is 19.0 Å². The smallest absolute Gasteiger partial charge is 0.161 e. The summed E-state index contributed by atoms with van der Waals surface area (Å²) in [7, 11) is 1.69. The highest BCUT2D eigenvalue weighted by atomic mass is 16.6. The van der Waals surface area contributed by atoms with E-state index in [1.54, 1.807) is 7.11 Å². The van der Waals surface area contributed by atoms with Gasteiger partial charge in [0.05, 0.1) is 7.11 Å². The van der Waals surface area contributed by atoms with E-state index in [0.29, 0.717) is 19.8 Å². The van der Waals surface area contributed by atoms with Gasteiger partial charge in [-0.15, -0.1) is 0 Å². The summed E-state index contributed by atoms with van der Waals surface area (Å²) in [6.45, 7) is 1.77. The standard InChI is InChI=1S/C18H21NO3/c1-20-16-5-3-2-4-14(16)10-15(12-19)13-6-7-17-18(11-13)22-9-8-21-17/h2-7,11,15H,8-10,12,19H2,1H3. The molecule has 2 aromatic rings. The molecule has 1 unspecified atom stereocenters. The van der Waals surface area contributed by atoms with Crippen LogP contribution in [-0.2, 0) is 6.42 Å². The number of para-hydroxylation sites is 1. The molecule has 1 aliphatic heterocycles. The molecule has 0 aliphatic carbocycles. The Morgan fingerprint density at radius 2 is 1.86 bits per heavy atom. The van der Waals surface area contributed by atoms with Crippen molar-refractivity contribution in [2.75, 3.05) is 26.9 Å². The van der Waals surface area contributed by atoms with Crippen LogP contribution in [0.15, 0.2) is 42.5 Å². The van der Waals surface area contributed by atoms with Crippen LogP contribution in [0.25, 0.3) is 0 Å². The Labute approximate surface area is 130 Å². The number of fused-ring (bicyclic) bond motifs is 1. The quantitative estimate of drug-likeness (QED) is 0.922. The molecule has 0 fully saturated rings. The van der Waals surface area contributed by atoms with E-state index in [4.69, 9.17) is 19.9 Å². The van der Waals surface area contributed by atoms with Gasteiger partial charge in [0.15, 0.2) is 11.5 Å². The van der Waals surface area contributed by atoms with Crippen LogP contribution in [0.4, 0.5) is 0 Å². The molecule has 0 spiro atoms. The Bertz CT molecular complexity index is 642. The van der Waals surface area contributed by atoms with Crippen molar-refractivity contribution in [3.8, 4) is 17.2 Å². The first kappa shape index (κ1) is 14.7. The fourth-order valence-electron chi connectivity index (χ4n) is 2.79. The van der Waals surface area contributed by atoms with Crippen LogP contribution >= 0.6 is 0 Å². The van der Waals surface area contributed by atoms with Crippen LogP contribution in [-0.4, -0.2) is 26.9 Å². The fraction of sp³-hybridized carbons (Fsp3) is 0.333. The molecule has 0 aromatic heterocycles. The monoisotopic (exact) mass is 299 g/mol. The maximum absolute atomic E-state index is 6.01. The van der Waals surface area contributed by atoms with Crippen LogP contribution in [0, 0.1) is 0 Å². The zero-order chi connectivity index (χ0) is 15.4. The third-order valence-corrected chi connectivity index (χ3v) is 3.98. The van der Waals surface area contributed by atoms with Crippen LogP contribution in [0.1, 0.15) is 17.0 Å². The van der Waals surface area contributed by atoms with Gasteiger partial charge in [0.25, 0.3) is 0 Å². The zero-order valence-electron chi connectivity index (χ0n) is 12.7. The van der Waals surface area contributed by atoms with E-state index in [1.807, 2.05) is 30.3 Å².